The number of hydrogen-bond donors (Lipinski definition) is 1. The molecule has 1 saturated heterocycles. The molecule has 1 atom stereocenters. The molecule has 120 valence electrons. The zero-order chi connectivity index (χ0) is 16.1. The number of aliphatic carboxylic acids is 1. The van der Waals surface area contributed by atoms with Gasteiger partial charge in [0.15, 0.2) is 0 Å². The van der Waals surface area contributed by atoms with Gasteiger partial charge < -0.3 is 10.0 Å². The maximum atomic E-state index is 13.0. The summed E-state index contributed by atoms with van der Waals surface area (Å²) >= 11 is 0. The number of amides is 1. The maximum Gasteiger partial charge on any atom is 0.303 e. The Bertz CT molecular complexity index is 521. The molecule has 1 aromatic rings. The topological polar surface area (TPSA) is 57.6 Å². The summed E-state index contributed by atoms with van der Waals surface area (Å²) in [6.07, 6.45) is 2.31. The molecular formula is C17H22FNO3. The van der Waals surface area contributed by atoms with Gasteiger partial charge in [0.2, 0.25) is 5.91 Å². The molecule has 1 amide bonds. The molecule has 5 heteroatoms. The molecule has 0 radical (unpaired) electrons. The van der Waals surface area contributed by atoms with Crippen molar-refractivity contribution in [3.05, 3.63) is 35.6 Å². The third kappa shape index (κ3) is 4.06. The fourth-order valence-electron chi connectivity index (χ4n) is 3.07. The second-order valence-electron chi connectivity index (χ2n) is 5.88. The van der Waals surface area contributed by atoms with Crippen LogP contribution in [0.5, 0.6) is 0 Å². The van der Waals surface area contributed by atoms with E-state index in [-0.39, 0.29) is 30.0 Å². The molecule has 1 N–H and O–H groups in total. The maximum absolute atomic E-state index is 13.0. The van der Waals surface area contributed by atoms with Gasteiger partial charge in [0, 0.05) is 19.5 Å². The van der Waals surface area contributed by atoms with Crippen molar-refractivity contribution in [2.45, 2.75) is 38.5 Å². The molecule has 1 aromatic carbocycles. The highest BCUT2D eigenvalue weighted by Crippen LogP contribution is 2.26. The van der Waals surface area contributed by atoms with Crippen LogP contribution in [0, 0.1) is 11.7 Å². The van der Waals surface area contributed by atoms with E-state index in [1.807, 2.05) is 11.8 Å². The molecule has 1 unspecified atom stereocenters. The lowest BCUT2D eigenvalue weighted by Crippen LogP contribution is -2.41. The van der Waals surface area contributed by atoms with Crippen molar-refractivity contribution in [1.82, 2.24) is 4.90 Å². The lowest BCUT2D eigenvalue weighted by molar-refractivity contribution is -0.139. The minimum Gasteiger partial charge on any atom is -0.481 e. The Balaban J connectivity index is 1.98. The van der Waals surface area contributed by atoms with Crippen LogP contribution < -0.4 is 0 Å². The second kappa shape index (κ2) is 7.38. The number of piperidine rings is 1. The number of rotatable bonds is 5. The van der Waals surface area contributed by atoms with Crippen LogP contribution in [0.25, 0.3) is 0 Å². The van der Waals surface area contributed by atoms with Gasteiger partial charge in [0.25, 0.3) is 0 Å². The van der Waals surface area contributed by atoms with Gasteiger partial charge in [-0.05, 0) is 42.9 Å². The Labute approximate surface area is 129 Å². The summed E-state index contributed by atoms with van der Waals surface area (Å²) < 4.78 is 13.0. The summed E-state index contributed by atoms with van der Waals surface area (Å²) in [6.45, 7) is 3.16. The highest BCUT2D eigenvalue weighted by atomic mass is 19.1. The van der Waals surface area contributed by atoms with Crippen molar-refractivity contribution in [2.24, 2.45) is 5.92 Å². The van der Waals surface area contributed by atoms with Gasteiger partial charge in [-0.2, -0.15) is 0 Å². The van der Waals surface area contributed by atoms with E-state index >= 15 is 0 Å². The largest absolute Gasteiger partial charge is 0.481 e. The molecule has 0 aliphatic carbocycles. The predicted octanol–water partition coefficient (Wildman–Crippen LogP) is 3.03. The smallest absolute Gasteiger partial charge is 0.303 e. The number of carbonyl (C=O) groups is 2. The zero-order valence-corrected chi connectivity index (χ0v) is 12.8. The normalized spacial score (nSPS) is 17.3. The highest BCUT2D eigenvalue weighted by molar-refractivity contribution is 5.83. The first-order valence-electron chi connectivity index (χ1n) is 7.77. The van der Waals surface area contributed by atoms with Crippen molar-refractivity contribution in [3.8, 4) is 0 Å². The number of likely N-dealkylation sites (tertiary alicyclic amines) is 1. The summed E-state index contributed by atoms with van der Waals surface area (Å²) in [5.74, 6) is -1.12. The first-order chi connectivity index (χ1) is 10.5. The number of halogens is 1. The van der Waals surface area contributed by atoms with Crippen molar-refractivity contribution in [2.75, 3.05) is 13.1 Å². The van der Waals surface area contributed by atoms with Crippen LogP contribution >= 0.6 is 0 Å². The van der Waals surface area contributed by atoms with Gasteiger partial charge in [-0.3, -0.25) is 9.59 Å². The summed E-state index contributed by atoms with van der Waals surface area (Å²) in [7, 11) is 0. The van der Waals surface area contributed by atoms with E-state index in [1.54, 1.807) is 12.1 Å². The van der Waals surface area contributed by atoms with Gasteiger partial charge in [-0.1, -0.05) is 19.1 Å². The van der Waals surface area contributed by atoms with Crippen LogP contribution in [0.15, 0.2) is 24.3 Å². The number of benzene rings is 1. The van der Waals surface area contributed by atoms with Crippen molar-refractivity contribution in [1.29, 1.82) is 0 Å². The van der Waals surface area contributed by atoms with Crippen LogP contribution in [0.1, 0.15) is 44.1 Å². The quantitative estimate of drug-likeness (QED) is 0.909. The molecule has 0 aromatic heterocycles. The monoisotopic (exact) mass is 307 g/mol. The van der Waals surface area contributed by atoms with Crippen LogP contribution in [-0.2, 0) is 9.59 Å². The summed E-state index contributed by atoms with van der Waals surface area (Å²) in [5, 5.41) is 8.83. The number of carboxylic acids is 1. The van der Waals surface area contributed by atoms with E-state index in [0.717, 1.165) is 18.4 Å². The van der Waals surface area contributed by atoms with Crippen molar-refractivity contribution in [3.63, 3.8) is 0 Å². The number of carbonyl (C=O) groups excluding carboxylic acids is 1. The molecule has 1 aliphatic rings. The molecule has 0 saturated carbocycles. The van der Waals surface area contributed by atoms with Gasteiger partial charge in [0.1, 0.15) is 5.82 Å². The molecule has 4 nitrogen and oxygen atoms in total. The lowest BCUT2D eigenvalue weighted by Gasteiger charge is -2.33. The second-order valence-corrected chi connectivity index (χ2v) is 5.88. The predicted molar refractivity (Wildman–Crippen MR) is 81.0 cm³/mol. The number of carboxylic acid groups (broad SMARTS) is 1. The lowest BCUT2D eigenvalue weighted by atomic mass is 9.90. The van der Waals surface area contributed by atoms with Crippen LogP contribution in [0.4, 0.5) is 4.39 Å². The first-order valence-corrected chi connectivity index (χ1v) is 7.77. The summed E-state index contributed by atoms with van der Waals surface area (Å²) in [5.41, 5.74) is 0.835. The van der Waals surface area contributed by atoms with Crippen LogP contribution in [-0.4, -0.2) is 35.0 Å². The van der Waals surface area contributed by atoms with Gasteiger partial charge in [0.05, 0.1) is 5.92 Å². The molecular weight excluding hydrogens is 285 g/mol. The fourth-order valence-corrected chi connectivity index (χ4v) is 3.07. The number of hydrogen-bond acceptors (Lipinski definition) is 2. The van der Waals surface area contributed by atoms with Crippen LogP contribution in [0.2, 0.25) is 0 Å². The van der Waals surface area contributed by atoms with E-state index in [2.05, 4.69) is 0 Å². The minimum atomic E-state index is -0.775. The molecule has 1 fully saturated rings. The summed E-state index contributed by atoms with van der Waals surface area (Å²) in [6, 6.07) is 6.09. The Morgan fingerprint density at radius 2 is 1.86 bits per heavy atom. The van der Waals surface area contributed by atoms with E-state index in [0.29, 0.717) is 19.5 Å². The molecule has 0 bridgehead atoms. The van der Waals surface area contributed by atoms with Crippen LogP contribution in [0.3, 0.4) is 0 Å². The van der Waals surface area contributed by atoms with Gasteiger partial charge >= 0.3 is 5.97 Å². The Kier molecular flexibility index (Phi) is 5.52. The van der Waals surface area contributed by atoms with Gasteiger partial charge in [-0.15, -0.1) is 0 Å². The summed E-state index contributed by atoms with van der Waals surface area (Å²) in [4.78, 5) is 25.2. The fraction of sp³-hybridized carbons (Fsp3) is 0.529. The van der Waals surface area contributed by atoms with Crippen molar-refractivity contribution < 1.29 is 19.1 Å². The van der Waals surface area contributed by atoms with Crippen molar-refractivity contribution >= 4 is 11.9 Å². The van der Waals surface area contributed by atoms with E-state index in [9.17, 15) is 14.0 Å². The standard InChI is InChI=1S/C17H22FNO3/c1-2-15(13-3-5-14(18)6-4-13)17(22)19-9-7-12(8-10-19)11-16(20)21/h3-6,12,15H,2,7-11H2,1H3,(H,20,21). The van der Waals surface area contributed by atoms with E-state index < -0.39 is 5.97 Å². The SMILES string of the molecule is CCC(C(=O)N1CCC(CC(=O)O)CC1)c1ccc(F)cc1. The average Bonchev–Trinajstić information content (AvgIpc) is 2.50. The average molecular weight is 307 g/mol. The molecule has 2 rings (SSSR count). The minimum absolute atomic E-state index is 0.0582. The Morgan fingerprint density at radius 1 is 1.27 bits per heavy atom. The molecule has 1 heterocycles. The van der Waals surface area contributed by atoms with E-state index in [1.165, 1.54) is 12.1 Å². The van der Waals surface area contributed by atoms with Gasteiger partial charge in [-0.25, -0.2) is 4.39 Å². The molecule has 22 heavy (non-hydrogen) atoms. The zero-order valence-electron chi connectivity index (χ0n) is 12.8. The first kappa shape index (κ1) is 16.5. The third-order valence-corrected chi connectivity index (χ3v) is 4.37. The molecule has 1 aliphatic heterocycles. The van der Waals surface area contributed by atoms with E-state index in [4.69, 9.17) is 5.11 Å². The highest BCUT2D eigenvalue weighted by Gasteiger charge is 2.28. The third-order valence-electron chi connectivity index (χ3n) is 4.37. The molecule has 0 spiro atoms. The Hall–Kier alpha value is -1.91. The number of nitrogens with zero attached hydrogens (tertiary/aromatic N) is 1. The Morgan fingerprint density at radius 3 is 2.36 bits per heavy atom.